The number of halogens is 1. The molecule has 0 aliphatic heterocycles. The second-order valence-corrected chi connectivity index (χ2v) is 5.16. The molecule has 4 heteroatoms. The van der Waals surface area contributed by atoms with Crippen molar-refractivity contribution in [1.29, 1.82) is 0 Å². The van der Waals surface area contributed by atoms with Crippen LogP contribution in [0.5, 0.6) is 0 Å². The minimum absolute atomic E-state index is 0.158. The molecule has 1 aromatic carbocycles. The first-order valence-electron chi connectivity index (χ1n) is 6.12. The maximum atomic E-state index is 13.6. The molecule has 2 N–H and O–H groups in total. The zero-order valence-electron chi connectivity index (χ0n) is 11.1. The largest absolute Gasteiger partial charge is 0.341 e. The molecule has 0 aliphatic rings. The van der Waals surface area contributed by atoms with E-state index in [2.05, 4.69) is 0 Å². The Kier molecular flexibility index (Phi) is 3.53. The summed E-state index contributed by atoms with van der Waals surface area (Å²) in [5.74, 6) is -0.435. The van der Waals surface area contributed by atoms with Crippen LogP contribution in [0.1, 0.15) is 29.9 Å². The molecule has 3 nitrogen and oxygen atoms in total. The van der Waals surface area contributed by atoms with E-state index in [0.717, 1.165) is 0 Å². The monoisotopic (exact) mass is 260 g/mol. The van der Waals surface area contributed by atoms with Gasteiger partial charge in [0.1, 0.15) is 5.82 Å². The van der Waals surface area contributed by atoms with Crippen molar-refractivity contribution >= 4 is 5.78 Å². The summed E-state index contributed by atoms with van der Waals surface area (Å²) in [4.78, 5) is 12.2. The minimum Gasteiger partial charge on any atom is -0.341 e. The van der Waals surface area contributed by atoms with Crippen LogP contribution in [0, 0.1) is 5.82 Å². The molecule has 0 radical (unpaired) electrons. The van der Waals surface area contributed by atoms with Gasteiger partial charge in [0.15, 0.2) is 5.78 Å². The lowest BCUT2D eigenvalue weighted by atomic mass is 9.98. The lowest BCUT2D eigenvalue weighted by Gasteiger charge is -2.18. The van der Waals surface area contributed by atoms with Gasteiger partial charge < -0.3 is 10.3 Å². The smallest absolute Gasteiger partial charge is 0.198 e. The Labute approximate surface area is 111 Å². The number of carbonyl (C=O) groups is 1. The zero-order chi connectivity index (χ0) is 14.0. The van der Waals surface area contributed by atoms with E-state index in [9.17, 15) is 9.18 Å². The van der Waals surface area contributed by atoms with E-state index in [1.807, 2.05) is 0 Å². The van der Waals surface area contributed by atoms with Crippen molar-refractivity contribution in [2.24, 2.45) is 5.73 Å². The number of rotatable bonds is 4. The van der Waals surface area contributed by atoms with Gasteiger partial charge in [-0.1, -0.05) is 18.2 Å². The fourth-order valence-electron chi connectivity index (χ4n) is 1.90. The topological polar surface area (TPSA) is 48.0 Å². The molecular weight excluding hydrogens is 243 g/mol. The highest BCUT2D eigenvalue weighted by molar-refractivity contribution is 6.01. The second-order valence-electron chi connectivity index (χ2n) is 5.16. The van der Waals surface area contributed by atoms with E-state index >= 15 is 0 Å². The van der Waals surface area contributed by atoms with Crippen molar-refractivity contribution in [3.8, 4) is 0 Å². The normalized spacial score (nSPS) is 11.6. The Morgan fingerprint density at radius 2 is 1.95 bits per heavy atom. The Morgan fingerprint density at radius 1 is 1.26 bits per heavy atom. The molecule has 0 saturated carbocycles. The molecule has 0 fully saturated rings. The zero-order valence-corrected chi connectivity index (χ0v) is 11.1. The number of hydrogen-bond donors (Lipinski definition) is 1. The average molecular weight is 260 g/mol. The van der Waals surface area contributed by atoms with Crippen LogP contribution >= 0.6 is 0 Å². The number of nitrogens with zero attached hydrogens (tertiary/aromatic N) is 1. The molecule has 0 saturated heterocycles. The molecule has 0 spiro atoms. The van der Waals surface area contributed by atoms with Gasteiger partial charge in [-0.25, -0.2) is 4.39 Å². The highest BCUT2D eigenvalue weighted by Crippen LogP contribution is 2.15. The van der Waals surface area contributed by atoms with E-state index in [-0.39, 0.29) is 11.6 Å². The van der Waals surface area contributed by atoms with Gasteiger partial charge in [0, 0.05) is 11.8 Å². The van der Waals surface area contributed by atoms with Crippen molar-refractivity contribution in [3.05, 3.63) is 59.7 Å². The number of hydrogen-bond acceptors (Lipinski definition) is 2. The predicted molar refractivity (Wildman–Crippen MR) is 72.5 cm³/mol. The number of Topliss-reactive ketones (excluding diaryl/α,β-unsaturated/α-hetero) is 1. The maximum Gasteiger partial charge on any atom is 0.198 e. The molecule has 0 aliphatic carbocycles. The van der Waals surface area contributed by atoms with Gasteiger partial charge in [-0.15, -0.1) is 0 Å². The van der Waals surface area contributed by atoms with Crippen LogP contribution in [-0.4, -0.2) is 15.9 Å². The molecule has 1 heterocycles. The maximum absolute atomic E-state index is 13.6. The first-order valence-corrected chi connectivity index (χ1v) is 6.12. The summed E-state index contributed by atoms with van der Waals surface area (Å²) in [7, 11) is 0. The quantitative estimate of drug-likeness (QED) is 0.859. The number of nitrogens with two attached hydrogens (primary N) is 1. The highest BCUT2D eigenvalue weighted by Gasteiger charge is 2.25. The van der Waals surface area contributed by atoms with Crippen molar-refractivity contribution in [2.45, 2.75) is 25.9 Å². The number of carbonyl (C=O) groups excluding carboxylic acids is 1. The van der Waals surface area contributed by atoms with Gasteiger partial charge in [0.25, 0.3) is 0 Å². The van der Waals surface area contributed by atoms with Crippen molar-refractivity contribution in [3.63, 3.8) is 0 Å². The van der Waals surface area contributed by atoms with Gasteiger partial charge >= 0.3 is 0 Å². The lowest BCUT2D eigenvalue weighted by molar-refractivity contribution is 0.0904. The molecule has 0 bridgehead atoms. The third-order valence-electron chi connectivity index (χ3n) is 2.95. The molecule has 19 heavy (non-hydrogen) atoms. The van der Waals surface area contributed by atoms with Gasteiger partial charge in [-0.2, -0.15) is 0 Å². The third kappa shape index (κ3) is 2.90. The summed E-state index contributed by atoms with van der Waals surface area (Å²) in [6, 6.07) is 10.0. The fourth-order valence-corrected chi connectivity index (χ4v) is 1.90. The Hall–Kier alpha value is -1.94. The van der Waals surface area contributed by atoms with Crippen LogP contribution in [0.15, 0.2) is 42.6 Å². The number of ketones is 1. The van der Waals surface area contributed by atoms with E-state index in [1.165, 1.54) is 6.07 Å². The Bertz CT molecular complexity index is 596. The fraction of sp³-hybridized carbons (Fsp3) is 0.267. The molecular formula is C15H17FN2O. The summed E-state index contributed by atoms with van der Waals surface area (Å²) in [6.45, 7) is 3.64. The first-order chi connectivity index (χ1) is 8.89. The van der Waals surface area contributed by atoms with Crippen LogP contribution < -0.4 is 5.73 Å². The Morgan fingerprint density at radius 3 is 2.58 bits per heavy atom. The molecule has 100 valence electrons. The molecule has 2 aromatic rings. The van der Waals surface area contributed by atoms with Crippen molar-refractivity contribution in [2.75, 3.05) is 0 Å². The van der Waals surface area contributed by atoms with E-state index < -0.39 is 5.54 Å². The van der Waals surface area contributed by atoms with Crippen LogP contribution in [-0.2, 0) is 6.54 Å². The summed E-state index contributed by atoms with van der Waals surface area (Å²) in [5.41, 5.74) is 5.93. The number of aromatic nitrogens is 1. The average Bonchev–Trinajstić information content (AvgIpc) is 2.78. The second kappa shape index (κ2) is 4.97. The molecule has 1 aromatic heterocycles. The third-order valence-corrected chi connectivity index (χ3v) is 2.95. The minimum atomic E-state index is -0.939. The van der Waals surface area contributed by atoms with E-state index in [1.54, 1.807) is 54.9 Å². The Balaban J connectivity index is 2.31. The van der Waals surface area contributed by atoms with Gasteiger partial charge in [0.05, 0.1) is 17.8 Å². The van der Waals surface area contributed by atoms with E-state index in [4.69, 9.17) is 5.73 Å². The van der Waals surface area contributed by atoms with Gasteiger partial charge in [-0.3, -0.25) is 4.79 Å². The first kappa shape index (κ1) is 13.5. The highest BCUT2D eigenvalue weighted by atomic mass is 19.1. The predicted octanol–water partition coefficient (Wildman–Crippen LogP) is 2.60. The summed E-state index contributed by atoms with van der Waals surface area (Å²) in [5, 5.41) is 0. The van der Waals surface area contributed by atoms with Crippen LogP contribution in [0.25, 0.3) is 0 Å². The summed E-state index contributed by atoms with van der Waals surface area (Å²) in [6.07, 6.45) is 1.76. The van der Waals surface area contributed by atoms with Crippen molar-refractivity contribution in [1.82, 2.24) is 4.57 Å². The summed E-state index contributed by atoms with van der Waals surface area (Å²) >= 11 is 0. The lowest BCUT2D eigenvalue weighted by Crippen LogP contribution is -2.42. The summed E-state index contributed by atoms with van der Waals surface area (Å²) < 4.78 is 15.3. The SMILES string of the molecule is CC(C)(N)C(=O)c1cccn1Cc1ccccc1F. The van der Waals surface area contributed by atoms with Gasteiger partial charge in [0.2, 0.25) is 0 Å². The van der Waals surface area contributed by atoms with Gasteiger partial charge in [-0.05, 0) is 32.0 Å². The van der Waals surface area contributed by atoms with Crippen LogP contribution in [0.3, 0.4) is 0 Å². The molecule has 0 amide bonds. The standard InChI is InChI=1S/C15H17FN2O/c1-15(2,17)14(19)13-8-5-9-18(13)10-11-6-3-4-7-12(11)16/h3-9H,10,17H2,1-2H3. The van der Waals surface area contributed by atoms with Crippen LogP contribution in [0.2, 0.25) is 0 Å². The molecule has 2 rings (SSSR count). The molecule has 0 atom stereocenters. The van der Waals surface area contributed by atoms with Crippen molar-refractivity contribution < 1.29 is 9.18 Å². The van der Waals surface area contributed by atoms with E-state index in [0.29, 0.717) is 17.8 Å². The number of benzene rings is 1. The molecule has 0 unspecified atom stereocenters. The van der Waals surface area contributed by atoms with Crippen LogP contribution in [0.4, 0.5) is 4.39 Å².